The summed E-state index contributed by atoms with van der Waals surface area (Å²) in [7, 11) is -1.05. The van der Waals surface area contributed by atoms with E-state index >= 15 is 0 Å². The van der Waals surface area contributed by atoms with Crippen LogP contribution in [0.4, 0.5) is 0 Å². The largest absolute Gasteiger partial charge is 0.491 e. The molecule has 5 heteroatoms. The Morgan fingerprint density at radius 2 is 2.12 bits per heavy atom. The first-order chi connectivity index (χ1) is 7.97. The Bertz CT molecular complexity index is 475. The average Bonchev–Trinajstić information content (AvgIpc) is 2.67. The number of nitrogens with zero attached hydrogens (tertiary/aromatic N) is 2. The van der Waals surface area contributed by atoms with E-state index in [1.807, 2.05) is 13.0 Å². The van der Waals surface area contributed by atoms with Crippen molar-refractivity contribution in [2.75, 3.05) is 6.61 Å². The van der Waals surface area contributed by atoms with E-state index < -0.39 is 8.07 Å². The number of rotatable bonds is 4. The molecule has 2 aliphatic heterocycles. The van der Waals surface area contributed by atoms with Gasteiger partial charge in [0.25, 0.3) is 0 Å². The van der Waals surface area contributed by atoms with Crippen LogP contribution in [0.15, 0.2) is 12.3 Å². The fraction of sp³-hybridized carbons (Fsp3) is 0.500. The van der Waals surface area contributed by atoms with Gasteiger partial charge in [0.15, 0.2) is 11.6 Å². The van der Waals surface area contributed by atoms with E-state index in [-0.39, 0.29) is 0 Å². The van der Waals surface area contributed by atoms with Gasteiger partial charge in [0.2, 0.25) is 0 Å². The molecular weight excluding hydrogens is 230 g/mol. The van der Waals surface area contributed by atoms with Crippen molar-refractivity contribution in [3.8, 4) is 17.1 Å². The second-order valence-corrected chi connectivity index (χ2v) is 11.1. The zero-order valence-corrected chi connectivity index (χ0v) is 11.9. The lowest BCUT2D eigenvalue weighted by atomic mass is 10.2. The normalized spacial score (nSPS) is 12.0. The summed E-state index contributed by atoms with van der Waals surface area (Å²) in [4.78, 5) is 4.19. The maximum absolute atomic E-state index is 5.90. The molecule has 0 aliphatic carbocycles. The van der Waals surface area contributed by atoms with Crippen LogP contribution in [0, 0.1) is 6.92 Å². The zero-order chi connectivity index (χ0) is 12.5. The van der Waals surface area contributed by atoms with Crippen molar-refractivity contribution in [3.63, 3.8) is 0 Å². The Hall–Kier alpha value is -1.36. The van der Waals surface area contributed by atoms with Gasteiger partial charge in [-0.05, 0) is 19.0 Å². The summed E-state index contributed by atoms with van der Waals surface area (Å²) in [6, 6.07) is 3.12. The van der Waals surface area contributed by atoms with Crippen LogP contribution in [0.2, 0.25) is 25.7 Å². The fourth-order valence-electron chi connectivity index (χ4n) is 1.63. The predicted octanol–water partition coefficient (Wildman–Crippen LogP) is 2.93. The summed E-state index contributed by atoms with van der Waals surface area (Å²) < 4.78 is 5.90. The molecule has 92 valence electrons. The Morgan fingerprint density at radius 1 is 1.35 bits per heavy atom. The second kappa shape index (κ2) is 4.48. The third-order valence-electron chi connectivity index (χ3n) is 2.70. The third-order valence-corrected chi connectivity index (χ3v) is 4.41. The molecule has 0 bridgehead atoms. The fourth-order valence-corrected chi connectivity index (χ4v) is 2.35. The van der Waals surface area contributed by atoms with Gasteiger partial charge in [-0.1, -0.05) is 19.6 Å². The molecule has 0 atom stereocenters. The zero-order valence-electron chi connectivity index (χ0n) is 10.9. The van der Waals surface area contributed by atoms with E-state index in [4.69, 9.17) is 4.74 Å². The molecule has 4 nitrogen and oxygen atoms in total. The quantitative estimate of drug-likeness (QED) is 0.848. The average molecular weight is 249 g/mol. The first-order valence-corrected chi connectivity index (χ1v) is 9.60. The molecule has 0 unspecified atom stereocenters. The van der Waals surface area contributed by atoms with E-state index in [0.29, 0.717) is 0 Å². The Labute approximate surface area is 103 Å². The second-order valence-electron chi connectivity index (χ2n) is 5.50. The third kappa shape index (κ3) is 2.85. The highest BCUT2D eigenvalue weighted by molar-refractivity contribution is 6.76. The van der Waals surface area contributed by atoms with E-state index in [9.17, 15) is 0 Å². The molecule has 17 heavy (non-hydrogen) atoms. The number of nitrogens with one attached hydrogen (secondary N) is 1. The number of ether oxygens (including phenoxy) is 1. The predicted molar refractivity (Wildman–Crippen MR) is 71.4 cm³/mol. The number of hydrogen-bond donors (Lipinski definition) is 1. The summed E-state index contributed by atoms with van der Waals surface area (Å²) in [6.07, 6.45) is 1.77. The summed E-state index contributed by atoms with van der Waals surface area (Å²) in [5, 5.41) is 7.11. The summed E-state index contributed by atoms with van der Waals surface area (Å²) in [5.74, 6) is 1.66. The number of hydrogen-bond acceptors (Lipinski definition) is 3. The minimum atomic E-state index is -1.05. The Kier molecular flexibility index (Phi) is 3.19. The van der Waals surface area contributed by atoms with Crippen molar-refractivity contribution in [1.29, 1.82) is 0 Å². The van der Waals surface area contributed by atoms with Crippen LogP contribution < -0.4 is 4.74 Å². The van der Waals surface area contributed by atoms with Gasteiger partial charge in [0.05, 0.1) is 12.2 Å². The summed E-state index contributed by atoms with van der Waals surface area (Å²) in [6.45, 7) is 9.76. The van der Waals surface area contributed by atoms with Crippen LogP contribution >= 0.6 is 0 Å². The molecule has 0 radical (unpaired) electrons. The van der Waals surface area contributed by atoms with E-state index in [2.05, 4.69) is 34.8 Å². The Morgan fingerprint density at radius 3 is 2.82 bits per heavy atom. The molecule has 0 amide bonds. The van der Waals surface area contributed by atoms with E-state index in [1.54, 1.807) is 6.20 Å². The van der Waals surface area contributed by atoms with Crippen molar-refractivity contribution in [2.45, 2.75) is 32.6 Å². The van der Waals surface area contributed by atoms with Crippen molar-refractivity contribution >= 4 is 8.07 Å². The van der Waals surface area contributed by atoms with Gasteiger partial charge in [0.1, 0.15) is 5.69 Å². The Balaban J connectivity index is 2.13. The lowest BCUT2D eigenvalue weighted by Gasteiger charge is -2.17. The summed E-state index contributed by atoms with van der Waals surface area (Å²) in [5.41, 5.74) is 1.91. The van der Waals surface area contributed by atoms with Gasteiger partial charge in [-0.3, -0.25) is 5.10 Å². The first kappa shape index (κ1) is 12.1. The van der Waals surface area contributed by atoms with Crippen LogP contribution in [-0.2, 0) is 0 Å². The molecule has 0 aromatic carbocycles. The molecular formula is C12H19N3OSi. The minimum absolute atomic E-state index is 0.766. The minimum Gasteiger partial charge on any atom is -0.491 e. The van der Waals surface area contributed by atoms with Crippen LogP contribution in [0.5, 0.6) is 5.75 Å². The maximum atomic E-state index is 5.90. The van der Waals surface area contributed by atoms with Crippen molar-refractivity contribution in [1.82, 2.24) is 15.2 Å². The number of H-pyrrole nitrogens is 1. The van der Waals surface area contributed by atoms with E-state index in [1.165, 1.54) is 0 Å². The van der Waals surface area contributed by atoms with Gasteiger partial charge in [-0.25, -0.2) is 4.98 Å². The lowest BCUT2D eigenvalue weighted by molar-refractivity contribution is 0.334. The molecule has 0 spiro atoms. The highest BCUT2D eigenvalue weighted by Gasteiger charge is 2.17. The number of aromatic nitrogens is 3. The first-order valence-electron chi connectivity index (χ1n) is 5.90. The SMILES string of the molecule is Cc1n[nH]c2nccc-2c1OCC[Si](C)(C)C. The molecule has 2 rings (SSSR count). The van der Waals surface area contributed by atoms with Crippen LogP contribution in [0.1, 0.15) is 5.69 Å². The molecule has 0 saturated carbocycles. The summed E-state index contributed by atoms with van der Waals surface area (Å²) >= 11 is 0. The van der Waals surface area contributed by atoms with Gasteiger partial charge in [0, 0.05) is 14.3 Å². The van der Waals surface area contributed by atoms with Crippen molar-refractivity contribution in [2.24, 2.45) is 0 Å². The molecule has 2 heterocycles. The molecule has 0 aromatic rings. The molecule has 0 aromatic heterocycles. The lowest BCUT2D eigenvalue weighted by Crippen LogP contribution is -2.22. The molecule has 0 fully saturated rings. The molecule has 2 aliphatic rings. The van der Waals surface area contributed by atoms with Gasteiger partial charge < -0.3 is 4.74 Å². The highest BCUT2D eigenvalue weighted by atomic mass is 28.3. The monoisotopic (exact) mass is 249 g/mol. The molecule has 1 N–H and O–H groups in total. The maximum Gasteiger partial charge on any atom is 0.157 e. The standard InChI is InChI=1S/C12H19N3OSi/c1-9-11(16-7-8-17(2,3)4)10-5-6-13-12(10)15-14-9/h5-6H,7-8H2,1-4H3,(H,13,15). The molecule has 0 saturated heterocycles. The van der Waals surface area contributed by atoms with Crippen molar-refractivity contribution in [3.05, 3.63) is 18.0 Å². The number of aryl methyl sites for hydroxylation is 1. The number of aromatic amines is 1. The highest BCUT2D eigenvalue weighted by Crippen LogP contribution is 2.31. The van der Waals surface area contributed by atoms with Gasteiger partial charge in [-0.2, -0.15) is 5.10 Å². The van der Waals surface area contributed by atoms with Crippen LogP contribution in [0.25, 0.3) is 11.4 Å². The van der Waals surface area contributed by atoms with Gasteiger partial charge >= 0.3 is 0 Å². The van der Waals surface area contributed by atoms with E-state index in [0.717, 1.165) is 35.5 Å². The van der Waals surface area contributed by atoms with Gasteiger partial charge in [-0.15, -0.1) is 0 Å². The van der Waals surface area contributed by atoms with Crippen molar-refractivity contribution < 1.29 is 4.74 Å². The van der Waals surface area contributed by atoms with Crippen LogP contribution in [0.3, 0.4) is 0 Å². The smallest absolute Gasteiger partial charge is 0.157 e. The number of fused-ring (bicyclic) bond motifs is 1. The topological polar surface area (TPSA) is 50.8 Å². The van der Waals surface area contributed by atoms with Crippen LogP contribution in [-0.4, -0.2) is 29.9 Å².